The van der Waals surface area contributed by atoms with Crippen molar-refractivity contribution in [2.75, 3.05) is 14.1 Å². The zero-order valence-corrected chi connectivity index (χ0v) is 24.6. The first-order chi connectivity index (χ1) is 18.5. The van der Waals surface area contributed by atoms with E-state index in [0.717, 1.165) is 45.6 Å². The van der Waals surface area contributed by atoms with Crippen molar-refractivity contribution in [3.63, 3.8) is 0 Å². The van der Waals surface area contributed by atoms with Gasteiger partial charge in [0.25, 0.3) is 5.91 Å². The van der Waals surface area contributed by atoms with Gasteiger partial charge in [0, 0.05) is 48.9 Å². The van der Waals surface area contributed by atoms with Gasteiger partial charge in [-0.1, -0.05) is 56.2 Å². The van der Waals surface area contributed by atoms with Crippen LogP contribution in [0.3, 0.4) is 0 Å². The van der Waals surface area contributed by atoms with Crippen molar-refractivity contribution in [3.8, 4) is 0 Å². The quantitative estimate of drug-likeness (QED) is 0.556. The molecule has 9 heteroatoms. The monoisotopic (exact) mass is 551 g/mol. The normalized spacial score (nSPS) is 26.4. The molecule has 210 valence electrons. The van der Waals surface area contributed by atoms with Crippen molar-refractivity contribution in [2.24, 2.45) is 5.92 Å². The second-order valence-corrected chi connectivity index (χ2v) is 12.6. The molecule has 0 saturated heterocycles. The third-order valence-electron chi connectivity index (χ3n) is 7.72. The Kier molecular flexibility index (Phi) is 8.81. The van der Waals surface area contributed by atoms with E-state index in [2.05, 4.69) is 26.8 Å². The van der Waals surface area contributed by atoms with Crippen LogP contribution in [-0.2, 0) is 21.5 Å². The van der Waals surface area contributed by atoms with E-state index in [1.807, 2.05) is 51.3 Å². The van der Waals surface area contributed by atoms with Crippen molar-refractivity contribution >= 4 is 21.8 Å². The summed E-state index contributed by atoms with van der Waals surface area (Å²) in [6.45, 7) is 11.1. The maximum atomic E-state index is 13.2. The highest BCUT2D eigenvalue weighted by molar-refractivity contribution is 7.87. The highest BCUT2D eigenvalue weighted by atomic mass is 32.2. The van der Waals surface area contributed by atoms with Crippen LogP contribution in [0.25, 0.3) is 5.70 Å². The lowest BCUT2D eigenvalue weighted by Crippen LogP contribution is -2.40. The molecule has 1 amide bonds. The van der Waals surface area contributed by atoms with E-state index in [1.54, 1.807) is 6.08 Å². The number of nitrogens with one attached hydrogen (secondary N) is 1. The van der Waals surface area contributed by atoms with E-state index in [0.29, 0.717) is 24.5 Å². The largest absolute Gasteiger partial charge is 0.357 e. The molecule has 1 unspecified atom stereocenters. The molecule has 2 aliphatic heterocycles. The average molecular weight is 552 g/mol. The molecule has 3 heterocycles. The molecule has 8 nitrogen and oxygen atoms in total. The highest BCUT2D eigenvalue weighted by Crippen LogP contribution is 2.42. The third-order valence-corrected chi connectivity index (χ3v) is 9.13. The van der Waals surface area contributed by atoms with Crippen LogP contribution in [-0.4, -0.2) is 53.2 Å². The molecule has 1 aliphatic carbocycles. The smallest absolute Gasteiger partial charge is 0.303 e. The van der Waals surface area contributed by atoms with Crippen LogP contribution in [0.15, 0.2) is 71.6 Å². The van der Waals surface area contributed by atoms with Gasteiger partial charge in [0.05, 0.1) is 12.2 Å². The molecule has 0 aromatic carbocycles. The van der Waals surface area contributed by atoms with Crippen LogP contribution in [0, 0.1) is 12.8 Å². The summed E-state index contributed by atoms with van der Waals surface area (Å²) >= 11 is 0. The summed E-state index contributed by atoms with van der Waals surface area (Å²) in [6.07, 6.45) is 20.4. The van der Waals surface area contributed by atoms with Crippen molar-refractivity contribution in [3.05, 3.63) is 83.2 Å². The van der Waals surface area contributed by atoms with Crippen LogP contribution < -0.4 is 4.72 Å². The molecule has 1 fully saturated rings. The molecule has 4 rings (SSSR count). The van der Waals surface area contributed by atoms with E-state index in [1.165, 1.54) is 38.9 Å². The molecular weight excluding hydrogens is 510 g/mol. The molecule has 1 N–H and O–H groups in total. The van der Waals surface area contributed by atoms with Gasteiger partial charge in [0.15, 0.2) is 0 Å². The molecule has 3 aliphatic rings. The van der Waals surface area contributed by atoms with Gasteiger partial charge in [-0.25, -0.2) is 9.71 Å². The standard InChI is InChI=1S/C30H41N5O3S/c1-7-8-16-26-23(4)35-19-21(2)31-28(35)20-34-22(3)18-25(30(36)32-39(37,38)33(5)6)15-12-17-27(29(26)34)24-13-10-9-11-14-24/h7-8,12,15-16,18-19,22,24H,4,9-11,13-14,17,20H2,1-3,5-6H3,(H,32,36)/b8-7-,15-12-,25-18+,26-16+,29-27+. The third kappa shape index (κ3) is 6.20. The number of carbonyl (C=O) groups is 1. The number of hydrogen-bond donors (Lipinski definition) is 1. The minimum absolute atomic E-state index is 0.227. The number of amides is 1. The van der Waals surface area contributed by atoms with E-state index >= 15 is 0 Å². The van der Waals surface area contributed by atoms with Crippen LogP contribution in [0.2, 0.25) is 0 Å². The lowest BCUT2D eigenvalue weighted by atomic mass is 9.80. The first-order valence-electron chi connectivity index (χ1n) is 13.7. The Bertz CT molecular complexity index is 1390. The Labute approximate surface area is 233 Å². The Balaban J connectivity index is 1.90. The second-order valence-electron chi connectivity index (χ2n) is 10.7. The van der Waals surface area contributed by atoms with Gasteiger partial charge >= 0.3 is 10.2 Å². The van der Waals surface area contributed by atoms with Crippen molar-refractivity contribution < 1.29 is 13.2 Å². The predicted octanol–water partition coefficient (Wildman–Crippen LogP) is 5.01. The number of fused-ring (bicyclic) bond motifs is 2. The fourth-order valence-electron chi connectivity index (χ4n) is 5.66. The highest BCUT2D eigenvalue weighted by Gasteiger charge is 2.33. The van der Waals surface area contributed by atoms with E-state index in [4.69, 9.17) is 4.98 Å². The number of rotatable bonds is 5. The van der Waals surface area contributed by atoms with Gasteiger partial charge < -0.3 is 9.47 Å². The fraction of sp³-hybridized carbons (Fsp3) is 0.467. The summed E-state index contributed by atoms with van der Waals surface area (Å²) in [6, 6.07) is -0.227. The number of carbonyl (C=O) groups excluding carboxylic acids is 1. The summed E-state index contributed by atoms with van der Waals surface area (Å²) in [5.41, 5.74) is 5.64. The van der Waals surface area contributed by atoms with E-state index in [-0.39, 0.29) is 6.04 Å². The first-order valence-corrected chi connectivity index (χ1v) is 15.2. The maximum absolute atomic E-state index is 13.2. The number of hydrogen-bond acceptors (Lipinski definition) is 5. The second kappa shape index (κ2) is 11.9. The molecule has 0 spiro atoms. The molecule has 39 heavy (non-hydrogen) atoms. The van der Waals surface area contributed by atoms with Crippen molar-refractivity contribution in [2.45, 2.75) is 71.9 Å². The van der Waals surface area contributed by atoms with Crippen LogP contribution >= 0.6 is 0 Å². The summed E-state index contributed by atoms with van der Waals surface area (Å²) < 4.78 is 30.1. The van der Waals surface area contributed by atoms with Crippen molar-refractivity contribution in [1.29, 1.82) is 0 Å². The SMILES string of the molecule is C=C1C(=C\C=C/C)/C2=C(\C3CCCCC3)C/C=C\C(C(=O)NS(=O)(=O)N(C)C)=C/C(C)N2Cc2nc(C)cn21. The summed E-state index contributed by atoms with van der Waals surface area (Å²) in [5, 5.41) is 0. The van der Waals surface area contributed by atoms with Crippen LogP contribution in [0.1, 0.15) is 63.9 Å². The predicted molar refractivity (Wildman–Crippen MR) is 156 cm³/mol. The van der Waals surface area contributed by atoms with Gasteiger partial charge in [-0.2, -0.15) is 12.7 Å². The Hall–Kier alpha value is -3.17. The number of imidazole rings is 1. The summed E-state index contributed by atoms with van der Waals surface area (Å²) in [4.78, 5) is 20.3. The minimum Gasteiger partial charge on any atom is -0.357 e. The lowest BCUT2D eigenvalue weighted by Gasteiger charge is -2.36. The number of aryl methyl sites for hydroxylation is 1. The van der Waals surface area contributed by atoms with E-state index in [9.17, 15) is 13.2 Å². The van der Waals surface area contributed by atoms with E-state index < -0.39 is 16.1 Å². The number of allylic oxidation sites excluding steroid dienone is 6. The molecule has 1 saturated carbocycles. The molecule has 0 bridgehead atoms. The maximum Gasteiger partial charge on any atom is 0.303 e. The van der Waals surface area contributed by atoms with Crippen LogP contribution in [0.4, 0.5) is 0 Å². The molecule has 1 atom stereocenters. The zero-order valence-electron chi connectivity index (χ0n) is 23.8. The Morgan fingerprint density at radius 3 is 2.62 bits per heavy atom. The van der Waals surface area contributed by atoms with Crippen LogP contribution in [0.5, 0.6) is 0 Å². The van der Waals surface area contributed by atoms with Gasteiger partial charge in [0.1, 0.15) is 5.82 Å². The summed E-state index contributed by atoms with van der Waals surface area (Å²) in [7, 11) is -1.13. The van der Waals surface area contributed by atoms with Crippen molar-refractivity contribution in [1.82, 2.24) is 23.5 Å². The first kappa shape index (κ1) is 28.8. The molecule has 1 aromatic rings. The Morgan fingerprint density at radius 2 is 1.95 bits per heavy atom. The van der Waals surface area contributed by atoms with Gasteiger partial charge in [-0.15, -0.1) is 0 Å². The number of aromatic nitrogens is 2. The number of nitrogens with zero attached hydrogens (tertiary/aromatic N) is 4. The molecular formula is C30H41N5O3S. The zero-order chi connectivity index (χ0) is 28.3. The molecule has 1 aromatic heterocycles. The summed E-state index contributed by atoms with van der Waals surface area (Å²) in [5.74, 6) is 0.665. The Morgan fingerprint density at radius 1 is 1.23 bits per heavy atom. The fourth-order valence-corrected chi connectivity index (χ4v) is 6.20. The average Bonchev–Trinajstić information content (AvgIpc) is 3.25. The van der Waals surface area contributed by atoms with Gasteiger partial charge in [-0.05, 0) is 57.6 Å². The lowest BCUT2D eigenvalue weighted by molar-refractivity contribution is -0.115. The molecule has 0 radical (unpaired) electrons. The topological polar surface area (TPSA) is 87.5 Å². The van der Waals surface area contributed by atoms with Gasteiger partial charge in [-0.3, -0.25) is 4.79 Å². The van der Waals surface area contributed by atoms with Gasteiger partial charge in [0.2, 0.25) is 0 Å². The minimum atomic E-state index is -3.92.